The molecule has 0 bridgehead atoms. The van der Waals surface area contributed by atoms with Crippen LogP contribution in [0.15, 0.2) is 41.5 Å². The number of anilines is 1. The van der Waals surface area contributed by atoms with Gasteiger partial charge in [0.1, 0.15) is 11.4 Å². The van der Waals surface area contributed by atoms with E-state index in [-0.39, 0.29) is 11.1 Å². The number of nitrogens with one attached hydrogen (secondary N) is 2. The summed E-state index contributed by atoms with van der Waals surface area (Å²) < 4.78 is 5.70. The molecule has 0 saturated heterocycles. The molecule has 9 heteroatoms. The number of aromatic amines is 1. The van der Waals surface area contributed by atoms with Crippen LogP contribution in [0.2, 0.25) is 5.02 Å². The molecule has 3 rings (SSSR count). The molecule has 2 N–H and O–H groups in total. The summed E-state index contributed by atoms with van der Waals surface area (Å²) in [4.78, 5) is 29.0. The maximum absolute atomic E-state index is 11.8. The lowest BCUT2D eigenvalue weighted by Gasteiger charge is -2.11. The lowest BCUT2D eigenvalue weighted by atomic mass is 10.2. The molecule has 1 aromatic heterocycles. The SMILES string of the molecule is Cc1cc(Cl)ccc1OCCCNc1cc2nc[nH]c(=O)c2cc1[N+](=O)[O-]. The maximum atomic E-state index is 11.8. The molecular formula is C18H17ClN4O4. The van der Waals surface area contributed by atoms with Crippen molar-refractivity contribution in [2.75, 3.05) is 18.5 Å². The molecule has 0 amide bonds. The summed E-state index contributed by atoms with van der Waals surface area (Å²) >= 11 is 5.91. The Kier molecular flexibility index (Phi) is 5.56. The van der Waals surface area contributed by atoms with Gasteiger partial charge in [-0.05, 0) is 43.2 Å². The Bertz CT molecular complexity index is 1050. The summed E-state index contributed by atoms with van der Waals surface area (Å²) in [5.41, 5.74) is 1.06. The van der Waals surface area contributed by atoms with Crippen molar-refractivity contribution in [1.29, 1.82) is 0 Å². The summed E-state index contributed by atoms with van der Waals surface area (Å²) in [6.45, 7) is 2.81. The number of hydrogen-bond donors (Lipinski definition) is 2. The van der Waals surface area contributed by atoms with Crippen LogP contribution in [-0.2, 0) is 0 Å². The van der Waals surface area contributed by atoms with Gasteiger partial charge in [-0.3, -0.25) is 14.9 Å². The lowest BCUT2D eigenvalue weighted by Crippen LogP contribution is -2.11. The number of hydrogen-bond acceptors (Lipinski definition) is 6. The van der Waals surface area contributed by atoms with Gasteiger partial charge in [-0.25, -0.2) is 4.98 Å². The van der Waals surface area contributed by atoms with Crippen LogP contribution in [0.4, 0.5) is 11.4 Å². The van der Waals surface area contributed by atoms with E-state index in [1.54, 1.807) is 6.07 Å². The van der Waals surface area contributed by atoms with E-state index in [2.05, 4.69) is 15.3 Å². The highest BCUT2D eigenvalue weighted by Crippen LogP contribution is 2.28. The fraction of sp³-hybridized carbons (Fsp3) is 0.222. The monoisotopic (exact) mass is 388 g/mol. The van der Waals surface area contributed by atoms with E-state index in [1.165, 1.54) is 18.5 Å². The van der Waals surface area contributed by atoms with Crippen LogP contribution < -0.4 is 15.6 Å². The van der Waals surface area contributed by atoms with Crippen LogP contribution in [-0.4, -0.2) is 28.0 Å². The van der Waals surface area contributed by atoms with Crippen LogP contribution in [0, 0.1) is 17.0 Å². The van der Waals surface area contributed by atoms with Gasteiger partial charge < -0.3 is 15.0 Å². The van der Waals surface area contributed by atoms with E-state index in [0.717, 1.165) is 11.3 Å². The minimum Gasteiger partial charge on any atom is -0.493 e. The van der Waals surface area contributed by atoms with Crippen molar-refractivity contribution in [3.63, 3.8) is 0 Å². The highest BCUT2D eigenvalue weighted by Gasteiger charge is 2.16. The van der Waals surface area contributed by atoms with E-state index >= 15 is 0 Å². The lowest BCUT2D eigenvalue weighted by molar-refractivity contribution is -0.383. The summed E-state index contributed by atoms with van der Waals surface area (Å²) in [6, 6.07) is 8.13. The van der Waals surface area contributed by atoms with Crippen LogP contribution >= 0.6 is 11.6 Å². The second-order valence-corrected chi connectivity index (χ2v) is 6.35. The molecule has 0 radical (unpaired) electrons. The van der Waals surface area contributed by atoms with Gasteiger partial charge in [0.05, 0.1) is 28.8 Å². The number of nitro groups is 1. The normalized spacial score (nSPS) is 10.7. The van der Waals surface area contributed by atoms with Crippen molar-refractivity contribution in [3.05, 3.63) is 67.7 Å². The summed E-state index contributed by atoms with van der Waals surface area (Å²) in [7, 11) is 0. The quantitative estimate of drug-likeness (QED) is 0.363. The fourth-order valence-corrected chi connectivity index (χ4v) is 2.88. The van der Waals surface area contributed by atoms with Crippen molar-refractivity contribution in [1.82, 2.24) is 9.97 Å². The molecule has 27 heavy (non-hydrogen) atoms. The van der Waals surface area contributed by atoms with Gasteiger partial charge in [0, 0.05) is 17.6 Å². The molecule has 0 atom stereocenters. The number of H-pyrrole nitrogens is 1. The molecule has 0 unspecified atom stereocenters. The van der Waals surface area contributed by atoms with Gasteiger partial charge in [0.15, 0.2) is 0 Å². The number of benzene rings is 2. The average molecular weight is 389 g/mol. The molecule has 3 aromatic rings. The molecule has 8 nitrogen and oxygen atoms in total. The molecular weight excluding hydrogens is 372 g/mol. The highest BCUT2D eigenvalue weighted by atomic mass is 35.5. The number of aromatic nitrogens is 2. The number of nitrogens with zero attached hydrogens (tertiary/aromatic N) is 2. The first kappa shape index (κ1) is 18.7. The number of fused-ring (bicyclic) bond motifs is 1. The van der Waals surface area contributed by atoms with E-state index in [4.69, 9.17) is 16.3 Å². The van der Waals surface area contributed by atoms with Crippen molar-refractivity contribution < 1.29 is 9.66 Å². The Labute approximate surface area is 159 Å². The molecule has 0 aliphatic heterocycles. The molecule has 0 saturated carbocycles. The van der Waals surface area contributed by atoms with Crippen molar-refractivity contribution >= 4 is 33.9 Å². The topological polar surface area (TPSA) is 110 Å². The molecule has 1 heterocycles. The molecule has 0 spiro atoms. The van der Waals surface area contributed by atoms with E-state index in [1.807, 2.05) is 19.1 Å². The Hall–Kier alpha value is -3.13. The minimum absolute atomic E-state index is 0.171. The van der Waals surface area contributed by atoms with E-state index in [0.29, 0.717) is 35.8 Å². The first-order valence-corrected chi connectivity index (χ1v) is 8.62. The summed E-state index contributed by atoms with van der Waals surface area (Å²) in [5.74, 6) is 0.750. The number of ether oxygens (including phenoxy) is 1. The van der Waals surface area contributed by atoms with Crippen molar-refractivity contribution in [2.24, 2.45) is 0 Å². The predicted molar refractivity (Wildman–Crippen MR) is 104 cm³/mol. The first-order chi connectivity index (χ1) is 13.0. The average Bonchev–Trinajstić information content (AvgIpc) is 2.62. The Morgan fingerprint density at radius 1 is 1.33 bits per heavy atom. The Morgan fingerprint density at radius 2 is 2.15 bits per heavy atom. The largest absolute Gasteiger partial charge is 0.493 e. The minimum atomic E-state index is -0.526. The third-order valence-electron chi connectivity index (χ3n) is 3.99. The van der Waals surface area contributed by atoms with Gasteiger partial charge in [-0.1, -0.05) is 11.6 Å². The standard InChI is InChI=1S/C18H17ClN4O4/c1-11-7-12(19)3-4-17(11)27-6-2-5-20-15-9-14-13(8-16(15)23(25)26)18(24)22-10-21-14/h3-4,7-10,20H,2,5-6H2,1H3,(H,21,22,24). The van der Waals surface area contributed by atoms with Gasteiger partial charge in [-0.2, -0.15) is 0 Å². The van der Waals surface area contributed by atoms with Gasteiger partial charge in [0.2, 0.25) is 0 Å². The molecule has 140 valence electrons. The molecule has 0 aliphatic rings. The van der Waals surface area contributed by atoms with E-state index in [9.17, 15) is 14.9 Å². The number of rotatable bonds is 7. The van der Waals surface area contributed by atoms with Crippen LogP contribution in [0.25, 0.3) is 10.9 Å². The highest BCUT2D eigenvalue weighted by molar-refractivity contribution is 6.30. The first-order valence-electron chi connectivity index (χ1n) is 8.24. The van der Waals surface area contributed by atoms with Crippen LogP contribution in [0.3, 0.4) is 0 Å². The van der Waals surface area contributed by atoms with E-state index < -0.39 is 10.5 Å². The third-order valence-corrected chi connectivity index (χ3v) is 4.22. The van der Waals surface area contributed by atoms with Crippen LogP contribution in [0.5, 0.6) is 5.75 Å². The molecule has 2 aromatic carbocycles. The van der Waals surface area contributed by atoms with Crippen molar-refractivity contribution in [2.45, 2.75) is 13.3 Å². The van der Waals surface area contributed by atoms with Gasteiger partial charge in [-0.15, -0.1) is 0 Å². The Morgan fingerprint density at radius 3 is 2.89 bits per heavy atom. The molecule has 0 aliphatic carbocycles. The number of halogens is 1. The van der Waals surface area contributed by atoms with Gasteiger partial charge in [0.25, 0.3) is 11.2 Å². The van der Waals surface area contributed by atoms with Crippen LogP contribution in [0.1, 0.15) is 12.0 Å². The van der Waals surface area contributed by atoms with Gasteiger partial charge >= 0.3 is 0 Å². The van der Waals surface area contributed by atoms with Crippen molar-refractivity contribution in [3.8, 4) is 5.75 Å². The second-order valence-electron chi connectivity index (χ2n) is 5.91. The molecule has 0 fully saturated rings. The summed E-state index contributed by atoms with van der Waals surface area (Å²) in [6.07, 6.45) is 1.89. The zero-order chi connectivity index (χ0) is 19.4. The number of aryl methyl sites for hydroxylation is 1. The summed E-state index contributed by atoms with van der Waals surface area (Å²) in [5, 5.41) is 15.2. The second kappa shape index (κ2) is 8.05. The maximum Gasteiger partial charge on any atom is 0.293 e. The smallest absolute Gasteiger partial charge is 0.293 e. The fourth-order valence-electron chi connectivity index (χ4n) is 2.65. The Balaban J connectivity index is 1.65. The zero-order valence-electron chi connectivity index (χ0n) is 14.5. The predicted octanol–water partition coefficient (Wildman–Crippen LogP) is 3.67. The third kappa shape index (κ3) is 4.35. The zero-order valence-corrected chi connectivity index (χ0v) is 15.2. The number of nitro benzene ring substituents is 1.